The molecule has 96 valence electrons. The van der Waals surface area contributed by atoms with Crippen molar-refractivity contribution in [2.24, 2.45) is 5.92 Å². The minimum Gasteiger partial charge on any atom is -0.211 e. The smallest absolute Gasteiger partial charge is 0.211 e. The highest BCUT2D eigenvalue weighted by molar-refractivity contribution is 9.11. The Bertz CT molecular complexity index is 486. The highest BCUT2D eigenvalue weighted by atomic mass is 79.9. The predicted octanol–water partition coefficient (Wildman–Crippen LogP) is 3.54. The van der Waals surface area contributed by atoms with Gasteiger partial charge >= 0.3 is 0 Å². The normalized spacial score (nSPS) is 12.1. The molecule has 0 saturated carbocycles. The van der Waals surface area contributed by atoms with Crippen molar-refractivity contribution in [3.63, 3.8) is 0 Å². The molecule has 0 radical (unpaired) electrons. The first kappa shape index (κ1) is 15.1. The molecule has 0 aromatic heterocycles. The van der Waals surface area contributed by atoms with E-state index in [0.717, 1.165) is 10.9 Å². The maximum absolute atomic E-state index is 12.0. The summed E-state index contributed by atoms with van der Waals surface area (Å²) in [4.78, 5) is 0.260. The van der Waals surface area contributed by atoms with Crippen LogP contribution >= 0.6 is 31.9 Å². The second-order valence-corrected chi connectivity index (χ2v) is 7.66. The van der Waals surface area contributed by atoms with Gasteiger partial charge in [0.25, 0.3) is 0 Å². The van der Waals surface area contributed by atoms with Crippen LogP contribution in [0.25, 0.3) is 0 Å². The third kappa shape index (κ3) is 4.69. The molecule has 0 aliphatic heterocycles. The number of nitrogens with one attached hydrogen (secondary N) is 1. The molecule has 0 bridgehead atoms. The summed E-state index contributed by atoms with van der Waals surface area (Å²) in [7, 11) is -3.44. The quantitative estimate of drug-likeness (QED) is 0.843. The predicted molar refractivity (Wildman–Crippen MR) is 76.5 cm³/mol. The number of rotatable bonds is 5. The number of benzene rings is 1. The molecule has 0 aliphatic carbocycles. The van der Waals surface area contributed by atoms with Gasteiger partial charge < -0.3 is 0 Å². The van der Waals surface area contributed by atoms with Gasteiger partial charge in [0.15, 0.2) is 0 Å². The molecular formula is C11H15Br2NO2S. The van der Waals surface area contributed by atoms with Crippen molar-refractivity contribution in [1.29, 1.82) is 0 Å². The maximum Gasteiger partial charge on any atom is 0.241 e. The van der Waals surface area contributed by atoms with E-state index in [0.29, 0.717) is 16.9 Å². The van der Waals surface area contributed by atoms with Crippen molar-refractivity contribution in [3.8, 4) is 0 Å². The van der Waals surface area contributed by atoms with Crippen molar-refractivity contribution in [2.75, 3.05) is 6.54 Å². The highest BCUT2D eigenvalue weighted by Crippen LogP contribution is 2.25. The van der Waals surface area contributed by atoms with E-state index in [9.17, 15) is 8.42 Å². The minimum atomic E-state index is -3.44. The van der Waals surface area contributed by atoms with Gasteiger partial charge in [0.1, 0.15) is 0 Å². The van der Waals surface area contributed by atoms with Gasteiger partial charge in [-0.3, -0.25) is 0 Å². The molecule has 0 spiro atoms. The Labute approximate surface area is 119 Å². The highest BCUT2D eigenvalue weighted by Gasteiger charge is 2.17. The monoisotopic (exact) mass is 383 g/mol. The zero-order valence-electron chi connectivity index (χ0n) is 9.70. The molecule has 0 fully saturated rings. The van der Waals surface area contributed by atoms with Crippen molar-refractivity contribution in [1.82, 2.24) is 4.72 Å². The van der Waals surface area contributed by atoms with Crippen LogP contribution in [-0.2, 0) is 10.0 Å². The summed E-state index contributed by atoms with van der Waals surface area (Å²) in [6.07, 6.45) is 0.824. The van der Waals surface area contributed by atoms with Crippen LogP contribution in [-0.4, -0.2) is 15.0 Å². The van der Waals surface area contributed by atoms with E-state index in [1.807, 2.05) is 0 Å². The fraction of sp³-hybridized carbons (Fsp3) is 0.455. The van der Waals surface area contributed by atoms with Crippen LogP contribution in [0.2, 0.25) is 0 Å². The Kier molecular flexibility index (Phi) is 5.63. The average molecular weight is 385 g/mol. The standard InChI is InChI=1S/C11H15Br2NO2S/c1-8(2)5-6-14-17(15,16)11-7-9(12)3-4-10(11)13/h3-4,7-8,14H,5-6H2,1-2H3. The summed E-state index contributed by atoms with van der Waals surface area (Å²) in [5, 5.41) is 0. The van der Waals surface area contributed by atoms with E-state index < -0.39 is 10.0 Å². The fourth-order valence-corrected chi connectivity index (χ4v) is 3.79. The van der Waals surface area contributed by atoms with E-state index >= 15 is 0 Å². The van der Waals surface area contributed by atoms with Crippen LogP contribution in [0.3, 0.4) is 0 Å². The Morgan fingerprint density at radius 3 is 2.53 bits per heavy atom. The summed E-state index contributed by atoms with van der Waals surface area (Å²) >= 11 is 6.51. The second-order valence-electron chi connectivity index (χ2n) is 4.16. The molecule has 1 N–H and O–H groups in total. The van der Waals surface area contributed by atoms with Gasteiger partial charge in [-0.05, 0) is 46.5 Å². The molecule has 0 aliphatic rings. The third-order valence-electron chi connectivity index (χ3n) is 2.20. The lowest BCUT2D eigenvalue weighted by Crippen LogP contribution is -2.26. The van der Waals surface area contributed by atoms with E-state index in [-0.39, 0.29) is 4.90 Å². The molecule has 0 saturated heterocycles. The summed E-state index contributed by atoms with van der Waals surface area (Å²) in [6, 6.07) is 5.08. The lowest BCUT2D eigenvalue weighted by atomic mass is 10.1. The minimum absolute atomic E-state index is 0.260. The van der Waals surface area contributed by atoms with Gasteiger partial charge in [-0.1, -0.05) is 29.8 Å². The van der Waals surface area contributed by atoms with Crippen LogP contribution in [0.4, 0.5) is 0 Å². The second kappa shape index (κ2) is 6.31. The molecule has 1 aromatic rings. The zero-order chi connectivity index (χ0) is 13.1. The first-order valence-corrected chi connectivity index (χ1v) is 8.34. The molecule has 0 atom stereocenters. The third-order valence-corrected chi connectivity index (χ3v) is 5.14. The Morgan fingerprint density at radius 2 is 1.94 bits per heavy atom. The fourth-order valence-electron chi connectivity index (χ4n) is 1.24. The van der Waals surface area contributed by atoms with E-state index in [1.165, 1.54) is 0 Å². The van der Waals surface area contributed by atoms with Crippen LogP contribution in [0, 0.1) is 5.92 Å². The summed E-state index contributed by atoms with van der Waals surface area (Å²) < 4.78 is 28.0. The Balaban J connectivity index is 2.86. The van der Waals surface area contributed by atoms with Crippen LogP contribution < -0.4 is 4.72 Å². The largest absolute Gasteiger partial charge is 0.241 e. The maximum atomic E-state index is 12.0. The SMILES string of the molecule is CC(C)CCNS(=O)(=O)c1cc(Br)ccc1Br. The van der Waals surface area contributed by atoms with E-state index in [1.54, 1.807) is 18.2 Å². The molecule has 1 rings (SSSR count). The van der Waals surface area contributed by atoms with E-state index in [2.05, 4.69) is 50.4 Å². The summed E-state index contributed by atoms with van der Waals surface area (Å²) in [5.41, 5.74) is 0. The van der Waals surface area contributed by atoms with Gasteiger partial charge in [0.05, 0.1) is 4.90 Å². The number of halogens is 2. The van der Waals surface area contributed by atoms with Crippen molar-refractivity contribution < 1.29 is 8.42 Å². The van der Waals surface area contributed by atoms with Gasteiger partial charge in [-0.25, -0.2) is 13.1 Å². The molecule has 0 heterocycles. The number of sulfonamides is 1. The molecular weight excluding hydrogens is 370 g/mol. The number of hydrogen-bond acceptors (Lipinski definition) is 2. The van der Waals surface area contributed by atoms with Crippen LogP contribution in [0.15, 0.2) is 32.0 Å². The molecule has 1 aromatic carbocycles. The van der Waals surface area contributed by atoms with Crippen molar-refractivity contribution in [3.05, 3.63) is 27.1 Å². The van der Waals surface area contributed by atoms with Crippen molar-refractivity contribution in [2.45, 2.75) is 25.2 Å². The van der Waals surface area contributed by atoms with Crippen LogP contribution in [0.1, 0.15) is 20.3 Å². The summed E-state index contributed by atoms with van der Waals surface area (Å²) in [6.45, 7) is 4.57. The molecule has 17 heavy (non-hydrogen) atoms. The topological polar surface area (TPSA) is 46.2 Å². The first-order chi connectivity index (χ1) is 7.83. The van der Waals surface area contributed by atoms with Crippen LogP contribution in [0.5, 0.6) is 0 Å². The molecule has 3 nitrogen and oxygen atoms in total. The number of hydrogen-bond donors (Lipinski definition) is 1. The molecule has 0 unspecified atom stereocenters. The Morgan fingerprint density at radius 1 is 1.29 bits per heavy atom. The summed E-state index contributed by atoms with van der Waals surface area (Å²) in [5.74, 6) is 0.476. The van der Waals surface area contributed by atoms with Gasteiger partial charge in [0, 0.05) is 15.5 Å². The lowest BCUT2D eigenvalue weighted by Gasteiger charge is -2.10. The van der Waals surface area contributed by atoms with E-state index in [4.69, 9.17) is 0 Å². The Hall–Kier alpha value is 0.0900. The average Bonchev–Trinajstić information content (AvgIpc) is 2.20. The molecule has 6 heteroatoms. The van der Waals surface area contributed by atoms with Crippen molar-refractivity contribution >= 4 is 41.9 Å². The lowest BCUT2D eigenvalue weighted by molar-refractivity contribution is 0.551. The first-order valence-electron chi connectivity index (χ1n) is 5.27. The van der Waals surface area contributed by atoms with Gasteiger partial charge in [-0.2, -0.15) is 0 Å². The van der Waals surface area contributed by atoms with Gasteiger partial charge in [-0.15, -0.1) is 0 Å². The molecule has 0 amide bonds. The van der Waals surface area contributed by atoms with Gasteiger partial charge in [0.2, 0.25) is 10.0 Å². The zero-order valence-corrected chi connectivity index (χ0v) is 13.7.